The number of benzene rings is 1. The molecular formula is C14H16FN3. The van der Waals surface area contributed by atoms with E-state index in [9.17, 15) is 4.39 Å². The van der Waals surface area contributed by atoms with Gasteiger partial charge in [-0.05, 0) is 38.1 Å². The third-order valence-corrected chi connectivity index (χ3v) is 2.94. The molecule has 2 aromatic rings. The zero-order valence-electron chi connectivity index (χ0n) is 10.7. The van der Waals surface area contributed by atoms with Gasteiger partial charge in [-0.25, -0.2) is 4.39 Å². The molecule has 0 fully saturated rings. The van der Waals surface area contributed by atoms with E-state index < -0.39 is 0 Å². The van der Waals surface area contributed by atoms with Crippen molar-refractivity contribution in [3.63, 3.8) is 0 Å². The van der Waals surface area contributed by atoms with Gasteiger partial charge in [0.05, 0.1) is 17.9 Å². The maximum absolute atomic E-state index is 14.1. The summed E-state index contributed by atoms with van der Waals surface area (Å²) in [6.45, 7) is 3.79. The molecule has 2 rings (SSSR count). The van der Waals surface area contributed by atoms with Gasteiger partial charge in [-0.2, -0.15) is 0 Å². The summed E-state index contributed by atoms with van der Waals surface area (Å²) in [5.74, 6) is -0.211. The number of nitrogens with one attached hydrogen (secondary N) is 1. The quantitative estimate of drug-likeness (QED) is 0.903. The van der Waals surface area contributed by atoms with E-state index in [4.69, 9.17) is 0 Å². The summed E-state index contributed by atoms with van der Waals surface area (Å²) in [4.78, 5) is 8.27. The van der Waals surface area contributed by atoms with Crippen LogP contribution in [-0.2, 0) is 0 Å². The summed E-state index contributed by atoms with van der Waals surface area (Å²) in [6.07, 6.45) is 4.87. The van der Waals surface area contributed by atoms with Crippen LogP contribution in [0.2, 0.25) is 0 Å². The van der Waals surface area contributed by atoms with Gasteiger partial charge in [0.25, 0.3) is 0 Å². The van der Waals surface area contributed by atoms with E-state index in [2.05, 4.69) is 15.3 Å². The number of hydrogen-bond donors (Lipinski definition) is 1. The third kappa shape index (κ3) is 2.38. The van der Waals surface area contributed by atoms with Gasteiger partial charge in [-0.15, -0.1) is 0 Å². The molecule has 0 aliphatic heterocycles. The van der Waals surface area contributed by atoms with Crippen molar-refractivity contribution < 1.29 is 4.39 Å². The molecule has 0 amide bonds. The number of aromatic nitrogens is 2. The Kier molecular flexibility index (Phi) is 3.67. The van der Waals surface area contributed by atoms with Crippen molar-refractivity contribution in [3.05, 3.63) is 58.9 Å². The summed E-state index contributed by atoms with van der Waals surface area (Å²) in [6, 6.07) is 3.24. The molecule has 4 heteroatoms. The molecule has 1 N–H and O–H groups in total. The zero-order valence-corrected chi connectivity index (χ0v) is 10.7. The molecule has 18 heavy (non-hydrogen) atoms. The van der Waals surface area contributed by atoms with Crippen LogP contribution in [0.5, 0.6) is 0 Å². The van der Waals surface area contributed by atoms with Crippen molar-refractivity contribution >= 4 is 0 Å². The van der Waals surface area contributed by atoms with Gasteiger partial charge in [0.2, 0.25) is 0 Å². The van der Waals surface area contributed by atoms with Crippen LogP contribution in [0.4, 0.5) is 4.39 Å². The van der Waals surface area contributed by atoms with Crippen LogP contribution >= 0.6 is 0 Å². The van der Waals surface area contributed by atoms with Gasteiger partial charge in [0.1, 0.15) is 5.82 Å². The van der Waals surface area contributed by atoms with Crippen molar-refractivity contribution in [2.24, 2.45) is 0 Å². The molecule has 0 saturated heterocycles. The summed E-state index contributed by atoms with van der Waals surface area (Å²) in [7, 11) is 1.79. The van der Waals surface area contributed by atoms with Gasteiger partial charge in [0.15, 0.2) is 0 Å². The lowest BCUT2D eigenvalue weighted by atomic mass is 9.96. The zero-order chi connectivity index (χ0) is 13.1. The predicted octanol–water partition coefficient (Wildman–Crippen LogP) is 2.54. The molecule has 94 valence electrons. The highest BCUT2D eigenvalue weighted by molar-refractivity contribution is 5.37. The van der Waals surface area contributed by atoms with Crippen molar-refractivity contribution in [2.75, 3.05) is 7.05 Å². The monoisotopic (exact) mass is 245 g/mol. The Morgan fingerprint density at radius 2 is 2.00 bits per heavy atom. The lowest BCUT2D eigenvalue weighted by molar-refractivity contribution is 0.565. The van der Waals surface area contributed by atoms with Gasteiger partial charge >= 0.3 is 0 Å². The van der Waals surface area contributed by atoms with Gasteiger partial charge in [-0.3, -0.25) is 9.97 Å². The molecule has 0 bridgehead atoms. The largest absolute Gasteiger partial charge is 0.308 e. The lowest BCUT2D eigenvalue weighted by Gasteiger charge is -2.19. The molecule has 0 spiro atoms. The number of nitrogens with zero attached hydrogens (tertiary/aromatic N) is 2. The van der Waals surface area contributed by atoms with Crippen LogP contribution in [0.1, 0.15) is 28.4 Å². The van der Waals surface area contributed by atoms with Crippen LogP contribution in [0, 0.1) is 19.7 Å². The van der Waals surface area contributed by atoms with Crippen molar-refractivity contribution in [1.29, 1.82) is 0 Å². The summed E-state index contributed by atoms with van der Waals surface area (Å²) in [5.41, 5.74) is 3.18. The van der Waals surface area contributed by atoms with E-state index in [-0.39, 0.29) is 11.9 Å². The first-order valence-electron chi connectivity index (χ1n) is 5.83. The SMILES string of the molecule is CNC(c1cnccn1)c1c(C)cc(C)cc1F. The van der Waals surface area contributed by atoms with Crippen LogP contribution in [0.3, 0.4) is 0 Å². The highest BCUT2D eigenvalue weighted by Crippen LogP contribution is 2.26. The number of hydrogen-bond acceptors (Lipinski definition) is 3. The van der Waals surface area contributed by atoms with E-state index in [0.29, 0.717) is 11.3 Å². The van der Waals surface area contributed by atoms with Gasteiger partial charge in [0, 0.05) is 18.0 Å². The fraction of sp³-hybridized carbons (Fsp3) is 0.286. The predicted molar refractivity (Wildman–Crippen MR) is 68.8 cm³/mol. The van der Waals surface area contributed by atoms with Gasteiger partial charge in [-0.1, -0.05) is 6.07 Å². The Labute approximate surface area is 106 Å². The minimum absolute atomic E-state index is 0.211. The number of aryl methyl sites for hydroxylation is 2. The Bertz CT molecular complexity index is 517. The number of rotatable bonds is 3. The van der Waals surface area contributed by atoms with Crippen LogP contribution in [0.25, 0.3) is 0 Å². The molecule has 1 aromatic carbocycles. The van der Waals surface area contributed by atoms with Gasteiger partial charge < -0.3 is 5.32 Å². The maximum atomic E-state index is 14.1. The Hall–Kier alpha value is -1.81. The lowest BCUT2D eigenvalue weighted by Crippen LogP contribution is -2.21. The number of halogens is 1. The van der Waals surface area contributed by atoms with Crippen molar-refractivity contribution in [1.82, 2.24) is 15.3 Å². The van der Waals surface area contributed by atoms with E-state index in [1.807, 2.05) is 19.9 Å². The van der Waals surface area contributed by atoms with E-state index in [0.717, 1.165) is 11.1 Å². The first kappa shape index (κ1) is 12.6. The Morgan fingerprint density at radius 1 is 1.22 bits per heavy atom. The summed E-state index contributed by atoms with van der Waals surface area (Å²) < 4.78 is 14.1. The second kappa shape index (κ2) is 5.23. The highest BCUT2D eigenvalue weighted by Gasteiger charge is 2.20. The maximum Gasteiger partial charge on any atom is 0.128 e. The van der Waals surface area contributed by atoms with E-state index in [1.54, 1.807) is 31.7 Å². The summed E-state index contributed by atoms with van der Waals surface area (Å²) in [5, 5.41) is 3.09. The normalized spacial score (nSPS) is 12.4. The average molecular weight is 245 g/mol. The molecule has 0 aliphatic carbocycles. The van der Waals surface area contributed by atoms with Crippen LogP contribution < -0.4 is 5.32 Å². The Morgan fingerprint density at radius 3 is 2.56 bits per heavy atom. The highest BCUT2D eigenvalue weighted by atomic mass is 19.1. The molecule has 0 saturated carbocycles. The second-order valence-electron chi connectivity index (χ2n) is 4.33. The molecule has 1 heterocycles. The first-order chi connectivity index (χ1) is 8.63. The van der Waals surface area contributed by atoms with Crippen LogP contribution in [0.15, 0.2) is 30.7 Å². The molecule has 1 unspecified atom stereocenters. The first-order valence-corrected chi connectivity index (χ1v) is 5.83. The van der Waals surface area contributed by atoms with E-state index in [1.165, 1.54) is 0 Å². The fourth-order valence-electron chi connectivity index (χ4n) is 2.19. The Balaban J connectivity index is 2.52. The topological polar surface area (TPSA) is 37.8 Å². The molecular weight excluding hydrogens is 229 g/mol. The fourth-order valence-corrected chi connectivity index (χ4v) is 2.19. The molecule has 1 aromatic heterocycles. The van der Waals surface area contributed by atoms with Crippen molar-refractivity contribution in [2.45, 2.75) is 19.9 Å². The summed E-state index contributed by atoms with van der Waals surface area (Å²) >= 11 is 0. The minimum atomic E-state index is -0.278. The molecule has 0 aliphatic rings. The van der Waals surface area contributed by atoms with Crippen LogP contribution in [-0.4, -0.2) is 17.0 Å². The smallest absolute Gasteiger partial charge is 0.128 e. The van der Waals surface area contributed by atoms with E-state index >= 15 is 0 Å². The standard InChI is InChI=1S/C14H16FN3/c1-9-6-10(2)13(11(15)7-9)14(16-3)12-8-17-4-5-18-12/h4-8,14,16H,1-3H3. The second-order valence-corrected chi connectivity index (χ2v) is 4.33. The molecule has 0 radical (unpaired) electrons. The molecule has 1 atom stereocenters. The molecule has 3 nitrogen and oxygen atoms in total. The minimum Gasteiger partial charge on any atom is -0.308 e. The third-order valence-electron chi connectivity index (χ3n) is 2.94. The average Bonchev–Trinajstić information content (AvgIpc) is 2.34. The van der Waals surface area contributed by atoms with Crippen molar-refractivity contribution in [3.8, 4) is 0 Å².